The molecule has 6 nitrogen and oxygen atoms in total. The molecule has 1 spiro atoms. The van der Waals surface area contributed by atoms with Gasteiger partial charge in [-0.05, 0) is 30.2 Å². The molecule has 4 rings (SSSR count). The molecule has 3 aliphatic heterocycles. The van der Waals surface area contributed by atoms with E-state index in [0.717, 1.165) is 28.3 Å². The van der Waals surface area contributed by atoms with Crippen molar-refractivity contribution in [3.05, 3.63) is 29.8 Å². The Morgan fingerprint density at radius 1 is 1.30 bits per heavy atom. The van der Waals surface area contributed by atoms with E-state index in [0.29, 0.717) is 18.7 Å². The Morgan fingerprint density at radius 3 is 2.91 bits per heavy atom. The molecule has 0 aliphatic carbocycles. The average molecular weight is 331 g/mol. The van der Waals surface area contributed by atoms with Crippen LogP contribution in [0, 0.1) is 0 Å². The maximum absolute atomic E-state index is 12.6. The molecule has 2 fully saturated rings. The number of nitrogens with zero attached hydrogens (tertiary/aromatic N) is 2. The van der Waals surface area contributed by atoms with Gasteiger partial charge in [0.15, 0.2) is 0 Å². The first-order valence-electron chi connectivity index (χ1n) is 7.71. The SMILES string of the molecule is O=C1N[C@]2(CCSC2)C(=O)N1CC(=O)N1CCc2ccccc21. The molecule has 0 saturated carbocycles. The normalized spacial score (nSPS) is 26.1. The zero-order valence-corrected chi connectivity index (χ0v) is 13.4. The van der Waals surface area contributed by atoms with E-state index in [1.54, 1.807) is 16.7 Å². The Labute approximate surface area is 138 Å². The van der Waals surface area contributed by atoms with Crippen molar-refractivity contribution in [3.8, 4) is 0 Å². The molecule has 3 heterocycles. The average Bonchev–Trinajstić information content (AvgIpc) is 3.23. The molecule has 0 bridgehead atoms. The van der Waals surface area contributed by atoms with Gasteiger partial charge >= 0.3 is 6.03 Å². The second-order valence-electron chi connectivity index (χ2n) is 6.13. The summed E-state index contributed by atoms with van der Waals surface area (Å²) < 4.78 is 0. The van der Waals surface area contributed by atoms with Gasteiger partial charge in [-0.1, -0.05) is 18.2 Å². The number of nitrogens with one attached hydrogen (secondary N) is 1. The van der Waals surface area contributed by atoms with Crippen LogP contribution in [-0.2, 0) is 16.0 Å². The summed E-state index contributed by atoms with van der Waals surface area (Å²) in [7, 11) is 0. The van der Waals surface area contributed by atoms with Gasteiger partial charge in [0.1, 0.15) is 12.1 Å². The summed E-state index contributed by atoms with van der Waals surface area (Å²) in [6.07, 6.45) is 1.45. The van der Waals surface area contributed by atoms with Crippen molar-refractivity contribution >= 4 is 35.3 Å². The summed E-state index contributed by atoms with van der Waals surface area (Å²) in [5.74, 6) is 0.983. The smallest absolute Gasteiger partial charge is 0.322 e. The van der Waals surface area contributed by atoms with E-state index >= 15 is 0 Å². The van der Waals surface area contributed by atoms with Crippen LogP contribution in [0.15, 0.2) is 24.3 Å². The summed E-state index contributed by atoms with van der Waals surface area (Å²) in [6.45, 7) is 0.411. The largest absolute Gasteiger partial charge is 0.325 e. The van der Waals surface area contributed by atoms with Crippen molar-refractivity contribution in [1.82, 2.24) is 10.2 Å². The molecule has 4 amide bonds. The Kier molecular flexibility index (Phi) is 3.33. The number of hydrogen-bond acceptors (Lipinski definition) is 4. The third-order valence-corrected chi connectivity index (χ3v) is 5.94. The fourth-order valence-electron chi connectivity index (χ4n) is 3.47. The van der Waals surface area contributed by atoms with Gasteiger partial charge in [-0.2, -0.15) is 11.8 Å². The van der Waals surface area contributed by atoms with Crippen LogP contribution in [0.25, 0.3) is 0 Å². The Balaban J connectivity index is 1.51. The highest BCUT2D eigenvalue weighted by atomic mass is 32.2. The number of imide groups is 1. The lowest BCUT2D eigenvalue weighted by atomic mass is 9.99. The number of fused-ring (bicyclic) bond motifs is 1. The standard InChI is InChI=1S/C16H17N3O3S/c20-13(18-7-5-11-3-1-2-4-12(11)18)9-19-14(21)16(17-15(19)22)6-8-23-10-16/h1-4H,5-10H2,(H,17,22)/t16-/m0/s1. The third kappa shape index (κ3) is 2.22. The van der Waals surface area contributed by atoms with E-state index in [2.05, 4.69) is 5.32 Å². The van der Waals surface area contributed by atoms with Crippen LogP contribution in [-0.4, -0.2) is 52.9 Å². The van der Waals surface area contributed by atoms with Gasteiger partial charge < -0.3 is 10.2 Å². The summed E-state index contributed by atoms with van der Waals surface area (Å²) in [6, 6.07) is 7.30. The molecular formula is C16H17N3O3S. The fourth-order valence-corrected chi connectivity index (χ4v) is 4.80. The number of hydrogen-bond donors (Lipinski definition) is 1. The fraction of sp³-hybridized carbons (Fsp3) is 0.438. The van der Waals surface area contributed by atoms with Gasteiger partial charge in [0.05, 0.1) is 0 Å². The number of rotatable bonds is 2. The first-order valence-corrected chi connectivity index (χ1v) is 8.86. The molecule has 1 aromatic carbocycles. The number of benzene rings is 1. The molecule has 0 aromatic heterocycles. The van der Waals surface area contributed by atoms with Crippen LogP contribution >= 0.6 is 11.8 Å². The molecule has 23 heavy (non-hydrogen) atoms. The van der Waals surface area contributed by atoms with E-state index in [1.165, 1.54) is 0 Å². The van der Waals surface area contributed by atoms with Crippen molar-refractivity contribution in [1.29, 1.82) is 0 Å². The number of carbonyl (C=O) groups is 3. The summed E-state index contributed by atoms with van der Waals surface area (Å²) >= 11 is 1.66. The monoisotopic (exact) mass is 331 g/mol. The molecular weight excluding hydrogens is 314 g/mol. The van der Waals surface area contributed by atoms with E-state index in [9.17, 15) is 14.4 Å². The minimum atomic E-state index is -0.787. The minimum Gasteiger partial charge on any atom is -0.322 e. The maximum Gasteiger partial charge on any atom is 0.325 e. The van der Waals surface area contributed by atoms with Gasteiger partial charge in [-0.25, -0.2) is 4.79 Å². The van der Waals surface area contributed by atoms with Crippen molar-refractivity contribution in [3.63, 3.8) is 0 Å². The molecule has 1 atom stereocenters. The highest BCUT2D eigenvalue weighted by molar-refractivity contribution is 7.99. The lowest BCUT2D eigenvalue weighted by molar-refractivity contribution is -0.133. The maximum atomic E-state index is 12.6. The molecule has 0 radical (unpaired) electrons. The number of urea groups is 1. The van der Waals surface area contributed by atoms with E-state index in [-0.39, 0.29) is 18.4 Å². The molecule has 1 N–H and O–H groups in total. The quantitative estimate of drug-likeness (QED) is 0.821. The summed E-state index contributed by atoms with van der Waals surface area (Å²) in [4.78, 5) is 40.1. The molecule has 3 aliphatic rings. The highest BCUT2D eigenvalue weighted by Crippen LogP contribution is 2.34. The predicted molar refractivity (Wildman–Crippen MR) is 87.4 cm³/mol. The predicted octanol–water partition coefficient (Wildman–Crippen LogP) is 1.00. The van der Waals surface area contributed by atoms with Crippen molar-refractivity contribution in [2.75, 3.05) is 29.5 Å². The molecule has 7 heteroatoms. The van der Waals surface area contributed by atoms with Crippen molar-refractivity contribution in [2.24, 2.45) is 0 Å². The van der Waals surface area contributed by atoms with Crippen LogP contribution in [0.5, 0.6) is 0 Å². The second kappa shape index (κ2) is 5.26. The van der Waals surface area contributed by atoms with Gasteiger partial charge in [-0.3, -0.25) is 14.5 Å². The Bertz CT molecular complexity index is 700. The van der Waals surface area contributed by atoms with Crippen LogP contribution < -0.4 is 10.2 Å². The number of para-hydroxylation sites is 1. The molecule has 1 aromatic rings. The first-order chi connectivity index (χ1) is 11.1. The van der Waals surface area contributed by atoms with Gasteiger partial charge in [-0.15, -0.1) is 0 Å². The molecule has 0 unspecified atom stereocenters. The van der Waals surface area contributed by atoms with Crippen LogP contribution in [0.3, 0.4) is 0 Å². The number of anilines is 1. The molecule has 120 valence electrons. The number of carbonyl (C=O) groups excluding carboxylic acids is 3. The summed E-state index contributed by atoms with van der Waals surface area (Å²) in [5.41, 5.74) is 1.22. The Hall–Kier alpha value is -2.02. The van der Waals surface area contributed by atoms with Gasteiger partial charge in [0.25, 0.3) is 5.91 Å². The van der Waals surface area contributed by atoms with Crippen molar-refractivity contribution < 1.29 is 14.4 Å². The minimum absolute atomic E-state index is 0.189. The zero-order chi connectivity index (χ0) is 16.0. The lowest BCUT2D eigenvalue weighted by Crippen LogP contribution is -2.48. The van der Waals surface area contributed by atoms with Crippen LogP contribution in [0.2, 0.25) is 0 Å². The first kappa shape index (κ1) is 14.6. The van der Waals surface area contributed by atoms with Crippen LogP contribution in [0.1, 0.15) is 12.0 Å². The van der Waals surface area contributed by atoms with Gasteiger partial charge in [0, 0.05) is 18.0 Å². The van der Waals surface area contributed by atoms with Crippen molar-refractivity contribution in [2.45, 2.75) is 18.4 Å². The lowest BCUT2D eigenvalue weighted by Gasteiger charge is -2.22. The summed E-state index contributed by atoms with van der Waals surface area (Å²) in [5, 5.41) is 2.79. The zero-order valence-electron chi connectivity index (χ0n) is 12.6. The Morgan fingerprint density at radius 2 is 2.13 bits per heavy atom. The highest BCUT2D eigenvalue weighted by Gasteiger charge is 2.53. The van der Waals surface area contributed by atoms with Crippen LogP contribution in [0.4, 0.5) is 10.5 Å². The third-order valence-electron chi connectivity index (χ3n) is 4.75. The number of amides is 4. The van der Waals surface area contributed by atoms with E-state index in [1.807, 2.05) is 24.3 Å². The topological polar surface area (TPSA) is 69.7 Å². The molecule has 2 saturated heterocycles. The number of thioether (sulfide) groups is 1. The van der Waals surface area contributed by atoms with Gasteiger partial charge in [0.2, 0.25) is 5.91 Å². The van der Waals surface area contributed by atoms with E-state index in [4.69, 9.17) is 0 Å². The van der Waals surface area contributed by atoms with E-state index < -0.39 is 11.6 Å². The second-order valence-corrected chi connectivity index (χ2v) is 7.24.